The predicted molar refractivity (Wildman–Crippen MR) is 85.7 cm³/mol. The van der Waals surface area contributed by atoms with Crippen LogP contribution in [0.25, 0.3) is 5.69 Å². The second-order valence-electron chi connectivity index (χ2n) is 5.32. The maximum absolute atomic E-state index is 13.1. The zero-order valence-corrected chi connectivity index (χ0v) is 14.4. The molecule has 2 aromatic rings. The van der Waals surface area contributed by atoms with E-state index in [0.717, 1.165) is 12.1 Å². The van der Waals surface area contributed by atoms with Gasteiger partial charge in [0, 0.05) is 0 Å². The summed E-state index contributed by atoms with van der Waals surface area (Å²) in [7, 11) is 0. The minimum absolute atomic E-state index is 0.277. The number of hydrogen-bond acceptors (Lipinski definition) is 3. The standard InChI is InChI=1S/C16H18BrFN2O2/c1-4-22-16(21)15-14(17)13(9-10(2)3)19-20(15)12-7-5-11(18)6-8-12/h5-8,10H,4,9H2,1-3H3. The molecule has 0 saturated carbocycles. The molecule has 0 saturated heterocycles. The van der Waals surface area contributed by atoms with Gasteiger partial charge in [0.25, 0.3) is 0 Å². The molecule has 0 aliphatic carbocycles. The van der Waals surface area contributed by atoms with E-state index in [1.807, 2.05) is 0 Å². The Morgan fingerprint density at radius 3 is 2.55 bits per heavy atom. The molecule has 0 N–H and O–H groups in total. The third-order valence-corrected chi connectivity index (χ3v) is 3.87. The summed E-state index contributed by atoms with van der Waals surface area (Å²) in [6.45, 7) is 6.18. The number of ether oxygens (including phenoxy) is 1. The average molecular weight is 369 g/mol. The highest BCUT2D eigenvalue weighted by molar-refractivity contribution is 9.10. The van der Waals surface area contributed by atoms with Crippen molar-refractivity contribution in [1.82, 2.24) is 9.78 Å². The van der Waals surface area contributed by atoms with Crippen LogP contribution in [0.15, 0.2) is 28.7 Å². The Labute approximate surface area is 137 Å². The van der Waals surface area contributed by atoms with Crippen LogP contribution in [0.2, 0.25) is 0 Å². The van der Waals surface area contributed by atoms with Gasteiger partial charge in [0.05, 0.1) is 22.5 Å². The van der Waals surface area contributed by atoms with E-state index < -0.39 is 5.97 Å². The van der Waals surface area contributed by atoms with Crippen molar-refractivity contribution in [3.05, 3.63) is 45.9 Å². The molecule has 1 heterocycles. The van der Waals surface area contributed by atoms with Crippen molar-refractivity contribution >= 4 is 21.9 Å². The van der Waals surface area contributed by atoms with Crippen molar-refractivity contribution in [2.75, 3.05) is 6.61 Å². The Morgan fingerprint density at radius 1 is 1.36 bits per heavy atom. The number of nitrogens with zero attached hydrogens (tertiary/aromatic N) is 2. The fourth-order valence-corrected chi connectivity index (χ4v) is 2.68. The van der Waals surface area contributed by atoms with Crippen LogP contribution >= 0.6 is 15.9 Å². The zero-order chi connectivity index (χ0) is 16.3. The molecule has 0 aliphatic heterocycles. The van der Waals surface area contributed by atoms with Crippen LogP contribution < -0.4 is 0 Å². The normalized spacial score (nSPS) is 11.0. The lowest BCUT2D eigenvalue weighted by Crippen LogP contribution is -2.12. The highest BCUT2D eigenvalue weighted by Crippen LogP contribution is 2.27. The van der Waals surface area contributed by atoms with Gasteiger partial charge in [-0.25, -0.2) is 13.9 Å². The monoisotopic (exact) mass is 368 g/mol. The third-order valence-electron chi connectivity index (χ3n) is 3.04. The van der Waals surface area contributed by atoms with E-state index in [1.165, 1.54) is 16.8 Å². The van der Waals surface area contributed by atoms with Crippen molar-refractivity contribution in [3.8, 4) is 5.69 Å². The first-order valence-electron chi connectivity index (χ1n) is 7.14. The third kappa shape index (κ3) is 3.55. The van der Waals surface area contributed by atoms with Gasteiger partial charge < -0.3 is 4.74 Å². The van der Waals surface area contributed by atoms with Crippen LogP contribution in [0.1, 0.15) is 37.0 Å². The van der Waals surface area contributed by atoms with Crippen LogP contribution in [0.5, 0.6) is 0 Å². The van der Waals surface area contributed by atoms with Crippen molar-refractivity contribution < 1.29 is 13.9 Å². The summed E-state index contributed by atoms with van der Waals surface area (Å²) in [5, 5.41) is 4.50. The quantitative estimate of drug-likeness (QED) is 0.744. The summed E-state index contributed by atoms with van der Waals surface area (Å²) < 4.78 is 20.3. The minimum atomic E-state index is -0.457. The Hall–Kier alpha value is -1.69. The molecule has 0 unspecified atom stereocenters. The second kappa shape index (κ2) is 7.05. The van der Waals surface area contributed by atoms with E-state index in [-0.39, 0.29) is 12.4 Å². The Bertz CT molecular complexity index is 666. The molecule has 4 nitrogen and oxygen atoms in total. The number of carbonyl (C=O) groups is 1. The van der Waals surface area contributed by atoms with Gasteiger partial charge in [-0.1, -0.05) is 13.8 Å². The van der Waals surface area contributed by atoms with Gasteiger partial charge in [-0.3, -0.25) is 0 Å². The van der Waals surface area contributed by atoms with Gasteiger partial charge in [0.2, 0.25) is 0 Å². The van der Waals surface area contributed by atoms with Crippen molar-refractivity contribution in [2.24, 2.45) is 5.92 Å². The molecule has 0 aliphatic rings. The summed E-state index contributed by atoms with van der Waals surface area (Å²) in [6.07, 6.45) is 0.723. The molecular formula is C16H18BrFN2O2. The fraction of sp³-hybridized carbons (Fsp3) is 0.375. The molecule has 118 valence electrons. The maximum atomic E-state index is 13.1. The Kier molecular flexibility index (Phi) is 5.34. The topological polar surface area (TPSA) is 44.1 Å². The molecule has 0 spiro atoms. The molecule has 1 aromatic heterocycles. The second-order valence-corrected chi connectivity index (χ2v) is 6.11. The number of halogens is 2. The van der Waals surface area contributed by atoms with E-state index in [4.69, 9.17) is 4.74 Å². The predicted octanol–water partition coefficient (Wildman–Crippen LogP) is 4.15. The molecule has 0 radical (unpaired) electrons. The van der Waals surface area contributed by atoms with E-state index >= 15 is 0 Å². The SMILES string of the molecule is CCOC(=O)c1c(Br)c(CC(C)C)nn1-c1ccc(F)cc1. The smallest absolute Gasteiger partial charge is 0.358 e. The lowest BCUT2D eigenvalue weighted by molar-refractivity contribution is 0.0514. The van der Waals surface area contributed by atoms with Gasteiger partial charge in [0.15, 0.2) is 5.69 Å². The van der Waals surface area contributed by atoms with Crippen molar-refractivity contribution in [1.29, 1.82) is 0 Å². The average Bonchev–Trinajstić information content (AvgIpc) is 2.76. The van der Waals surface area contributed by atoms with Gasteiger partial charge >= 0.3 is 5.97 Å². The summed E-state index contributed by atoms with van der Waals surface area (Å²) in [5.74, 6) is -0.404. The van der Waals surface area contributed by atoms with Gasteiger partial charge in [0.1, 0.15) is 5.82 Å². The molecule has 0 amide bonds. The summed E-state index contributed by atoms with van der Waals surface area (Å²) >= 11 is 3.45. The van der Waals surface area contributed by atoms with E-state index in [9.17, 15) is 9.18 Å². The molecule has 2 rings (SSSR count). The fourth-order valence-electron chi connectivity index (χ4n) is 2.11. The number of benzene rings is 1. The van der Waals surface area contributed by atoms with Crippen LogP contribution in [-0.4, -0.2) is 22.4 Å². The van der Waals surface area contributed by atoms with Crippen LogP contribution in [0.4, 0.5) is 4.39 Å². The van der Waals surface area contributed by atoms with Crippen molar-refractivity contribution in [2.45, 2.75) is 27.2 Å². The zero-order valence-electron chi connectivity index (χ0n) is 12.8. The first kappa shape index (κ1) is 16.7. The lowest BCUT2D eigenvalue weighted by atomic mass is 10.1. The molecular weight excluding hydrogens is 351 g/mol. The van der Waals surface area contributed by atoms with Crippen LogP contribution in [-0.2, 0) is 11.2 Å². The number of esters is 1. The van der Waals surface area contributed by atoms with E-state index in [0.29, 0.717) is 21.8 Å². The van der Waals surface area contributed by atoms with Gasteiger partial charge in [-0.05, 0) is 59.5 Å². The highest BCUT2D eigenvalue weighted by Gasteiger charge is 2.24. The number of aromatic nitrogens is 2. The molecule has 1 aromatic carbocycles. The Balaban J connectivity index is 2.54. The highest BCUT2D eigenvalue weighted by atomic mass is 79.9. The number of hydrogen-bond donors (Lipinski definition) is 0. The molecule has 22 heavy (non-hydrogen) atoms. The summed E-state index contributed by atoms with van der Waals surface area (Å²) in [6, 6.07) is 5.83. The van der Waals surface area contributed by atoms with Gasteiger partial charge in [-0.2, -0.15) is 5.10 Å². The molecule has 0 fully saturated rings. The molecule has 6 heteroatoms. The van der Waals surface area contributed by atoms with E-state index in [1.54, 1.807) is 19.1 Å². The summed E-state index contributed by atoms with van der Waals surface area (Å²) in [4.78, 5) is 12.2. The van der Waals surface area contributed by atoms with Crippen molar-refractivity contribution in [3.63, 3.8) is 0 Å². The lowest BCUT2D eigenvalue weighted by Gasteiger charge is -2.07. The summed E-state index contributed by atoms with van der Waals surface area (Å²) in [5.41, 5.74) is 1.71. The van der Waals surface area contributed by atoms with Gasteiger partial charge in [-0.15, -0.1) is 0 Å². The molecule has 0 atom stereocenters. The van der Waals surface area contributed by atoms with Crippen LogP contribution in [0.3, 0.4) is 0 Å². The number of rotatable bonds is 5. The largest absolute Gasteiger partial charge is 0.461 e. The Morgan fingerprint density at radius 2 is 2.00 bits per heavy atom. The van der Waals surface area contributed by atoms with E-state index in [2.05, 4.69) is 34.9 Å². The maximum Gasteiger partial charge on any atom is 0.358 e. The van der Waals surface area contributed by atoms with Crippen LogP contribution in [0, 0.1) is 11.7 Å². The first-order chi connectivity index (χ1) is 10.4. The molecule has 0 bridgehead atoms. The first-order valence-corrected chi connectivity index (χ1v) is 7.93. The minimum Gasteiger partial charge on any atom is -0.461 e. The number of carbonyl (C=O) groups excluding carboxylic acids is 1.